The lowest BCUT2D eigenvalue weighted by Gasteiger charge is -2.18. The Bertz CT molecular complexity index is 1120. The van der Waals surface area contributed by atoms with E-state index in [-0.39, 0.29) is 18.3 Å². The first-order chi connectivity index (χ1) is 15.7. The smallest absolute Gasteiger partial charge is 0.305 e. The molecule has 4 aromatic rings. The Morgan fingerprint density at radius 1 is 0.719 bits per heavy atom. The van der Waals surface area contributed by atoms with Crippen LogP contribution in [0.3, 0.4) is 0 Å². The summed E-state index contributed by atoms with van der Waals surface area (Å²) in [7, 11) is 0. The molecule has 0 saturated heterocycles. The fourth-order valence-electron chi connectivity index (χ4n) is 3.29. The van der Waals surface area contributed by atoms with Gasteiger partial charge in [-0.3, -0.25) is 20.4 Å². The first-order valence-corrected chi connectivity index (χ1v) is 10.2. The molecule has 1 heterocycles. The highest BCUT2D eigenvalue weighted by atomic mass is 16.5. The summed E-state index contributed by atoms with van der Waals surface area (Å²) >= 11 is 0. The Morgan fingerprint density at radius 3 is 1.88 bits per heavy atom. The van der Waals surface area contributed by atoms with Gasteiger partial charge in [-0.15, -0.1) is 0 Å². The van der Waals surface area contributed by atoms with Crippen molar-refractivity contribution in [3.8, 4) is 5.75 Å². The molecule has 0 spiro atoms. The van der Waals surface area contributed by atoms with Crippen LogP contribution in [-0.4, -0.2) is 11.8 Å². The third kappa shape index (κ3) is 5.23. The molecule has 32 heavy (non-hydrogen) atoms. The summed E-state index contributed by atoms with van der Waals surface area (Å²) < 4.78 is 11.2. The lowest BCUT2D eigenvalue weighted by molar-refractivity contribution is -0.122. The zero-order valence-corrected chi connectivity index (χ0v) is 17.2. The van der Waals surface area contributed by atoms with Gasteiger partial charge in [-0.1, -0.05) is 78.9 Å². The van der Waals surface area contributed by atoms with E-state index in [1.165, 1.54) is 6.07 Å². The average molecular weight is 426 g/mol. The number of furan rings is 1. The second-order valence-corrected chi connectivity index (χ2v) is 7.07. The summed E-state index contributed by atoms with van der Waals surface area (Å²) in [5, 5.41) is 0. The van der Waals surface area contributed by atoms with E-state index in [0.717, 1.165) is 11.1 Å². The van der Waals surface area contributed by atoms with Crippen molar-refractivity contribution in [2.75, 3.05) is 0 Å². The molecule has 3 aromatic carbocycles. The van der Waals surface area contributed by atoms with Crippen molar-refractivity contribution in [3.63, 3.8) is 0 Å². The van der Waals surface area contributed by atoms with Gasteiger partial charge in [0.2, 0.25) is 5.91 Å². The molecule has 0 aliphatic heterocycles. The zero-order valence-electron chi connectivity index (χ0n) is 17.2. The minimum absolute atomic E-state index is 0.0768. The molecule has 2 amide bonds. The summed E-state index contributed by atoms with van der Waals surface area (Å²) in [6.45, 7) is 0.188. The van der Waals surface area contributed by atoms with Gasteiger partial charge < -0.3 is 9.15 Å². The molecule has 1 aromatic heterocycles. The Morgan fingerprint density at radius 2 is 1.28 bits per heavy atom. The number of rotatable bonds is 7. The number of benzene rings is 3. The minimum Gasteiger partial charge on any atom is -0.486 e. The second-order valence-electron chi connectivity index (χ2n) is 7.07. The van der Waals surface area contributed by atoms with Crippen LogP contribution in [0.25, 0.3) is 0 Å². The van der Waals surface area contributed by atoms with Crippen molar-refractivity contribution in [3.05, 3.63) is 126 Å². The van der Waals surface area contributed by atoms with E-state index in [4.69, 9.17) is 9.15 Å². The monoisotopic (exact) mass is 426 g/mol. The van der Waals surface area contributed by atoms with Crippen LogP contribution >= 0.6 is 0 Å². The van der Waals surface area contributed by atoms with Crippen LogP contribution in [0.1, 0.15) is 33.4 Å². The highest BCUT2D eigenvalue weighted by Gasteiger charge is 2.23. The number of para-hydroxylation sites is 1. The first-order valence-electron chi connectivity index (χ1n) is 10.2. The van der Waals surface area contributed by atoms with Gasteiger partial charge in [0, 0.05) is 0 Å². The number of nitrogens with one attached hydrogen (secondary N) is 2. The van der Waals surface area contributed by atoms with Gasteiger partial charge in [-0.2, -0.15) is 0 Å². The van der Waals surface area contributed by atoms with Crippen molar-refractivity contribution in [2.45, 2.75) is 12.5 Å². The van der Waals surface area contributed by atoms with Crippen molar-refractivity contribution in [1.82, 2.24) is 10.9 Å². The van der Waals surface area contributed by atoms with Crippen LogP contribution in [0.5, 0.6) is 5.75 Å². The molecular formula is C26H22N2O4. The highest BCUT2D eigenvalue weighted by molar-refractivity contribution is 5.94. The molecule has 4 rings (SSSR count). The van der Waals surface area contributed by atoms with E-state index in [1.54, 1.807) is 6.07 Å². The first kappa shape index (κ1) is 20.9. The van der Waals surface area contributed by atoms with Crippen molar-refractivity contribution in [2.24, 2.45) is 0 Å². The molecule has 0 fully saturated rings. The molecule has 0 saturated carbocycles. The van der Waals surface area contributed by atoms with Crippen LogP contribution in [0.2, 0.25) is 0 Å². The van der Waals surface area contributed by atoms with Crippen molar-refractivity contribution in [1.29, 1.82) is 0 Å². The van der Waals surface area contributed by atoms with Gasteiger partial charge in [-0.25, -0.2) is 0 Å². The van der Waals surface area contributed by atoms with Crippen molar-refractivity contribution < 1.29 is 18.7 Å². The van der Waals surface area contributed by atoms with E-state index in [9.17, 15) is 9.59 Å². The van der Waals surface area contributed by atoms with E-state index in [1.807, 2.05) is 91.0 Å². The Kier molecular flexibility index (Phi) is 6.63. The number of ether oxygens (including phenoxy) is 1. The third-order valence-electron chi connectivity index (χ3n) is 4.84. The maximum absolute atomic E-state index is 13.0. The van der Waals surface area contributed by atoms with Gasteiger partial charge in [0.25, 0.3) is 0 Å². The lowest BCUT2D eigenvalue weighted by Crippen LogP contribution is -2.44. The Hall–Kier alpha value is -4.32. The maximum atomic E-state index is 13.0. The normalized spacial score (nSPS) is 10.5. The predicted molar refractivity (Wildman–Crippen MR) is 120 cm³/mol. The largest absolute Gasteiger partial charge is 0.486 e. The average Bonchev–Trinajstić information content (AvgIpc) is 3.33. The van der Waals surface area contributed by atoms with Gasteiger partial charge in [-0.05, 0) is 35.4 Å². The molecule has 0 bridgehead atoms. The minimum atomic E-state index is -0.566. The van der Waals surface area contributed by atoms with Crippen LogP contribution in [0.15, 0.2) is 108 Å². The lowest BCUT2D eigenvalue weighted by atomic mass is 9.91. The van der Waals surface area contributed by atoms with E-state index >= 15 is 0 Å². The van der Waals surface area contributed by atoms with Gasteiger partial charge in [0.15, 0.2) is 5.76 Å². The molecule has 0 radical (unpaired) electrons. The molecular weight excluding hydrogens is 404 g/mol. The molecule has 0 atom stereocenters. The maximum Gasteiger partial charge on any atom is 0.305 e. The molecule has 0 aliphatic rings. The molecule has 6 nitrogen and oxygen atoms in total. The summed E-state index contributed by atoms with van der Waals surface area (Å²) in [5.74, 6) is -0.192. The summed E-state index contributed by atoms with van der Waals surface area (Å²) in [4.78, 5) is 25.4. The highest BCUT2D eigenvalue weighted by Crippen LogP contribution is 2.24. The number of carbonyl (C=O) groups excluding carboxylic acids is 2. The van der Waals surface area contributed by atoms with Crippen LogP contribution < -0.4 is 15.6 Å². The fourth-order valence-corrected chi connectivity index (χ4v) is 3.29. The third-order valence-corrected chi connectivity index (χ3v) is 4.84. The Labute approximate surface area is 185 Å². The predicted octanol–water partition coefficient (Wildman–Crippen LogP) is 4.45. The van der Waals surface area contributed by atoms with Crippen LogP contribution in [-0.2, 0) is 11.4 Å². The summed E-state index contributed by atoms with van der Waals surface area (Å²) in [6, 6.07) is 31.3. The summed E-state index contributed by atoms with van der Waals surface area (Å²) in [5.41, 5.74) is 6.59. The standard InChI is InChI=1S/C26H22N2O4/c29-25(23-17-16-22(32-23)18-31-21-14-8-3-9-15-21)27-28-26(30)24(19-10-4-1-5-11-19)20-12-6-2-7-13-20/h1-17,24H,18H2,(H,27,29)(H,28,30). The zero-order chi connectivity index (χ0) is 22.2. The SMILES string of the molecule is O=C(NNC(=O)C(c1ccccc1)c1ccccc1)c1ccc(COc2ccccc2)o1. The van der Waals surface area contributed by atoms with Crippen LogP contribution in [0.4, 0.5) is 0 Å². The molecule has 160 valence electrons. The van der Waals surface area contributed by atoms with Crippen molar-refractivity contribution >= 4 is 11.8 Å². The van der Waals surface area contributed by atoms with Gasteiger partial charge in [0.05, 0.1) is 5.92 Å². The summed E-state index contributed by atoms with van der Waals surface area (Å²) in [6.07, 6.45) is 0. The second kappa shape index (κ2) is 10.1. The molecule has 6 heteroatoms. The number of hydrogen-bond donors (Lipinski definition) is 2. The number of hydrazine groups is 1. The van der Waals surface area contributed by atoms with Gasteiger partial charge in [0.1, 0.15) is 18.1 Å². The quantitative estimate of drug-likeness (QED) is 0.428. The van der Waals surface area contributed by atoms with E-state index < -0.39 is 11.8 Å². The van der Waals surface area contributed by atoms with E-state index in [2.05, 4.69) is 10.9 Å². The number of amides is 2. The molecule has 2 N–H and O–H groups in total. The van der Waals surface area contributed by atoms with Crippen LogP contribution in [0, 0.1) is 0 Å². The van der Waals surface area contributed by atoms with E-state index in [0.29, 0.717) is 11.5 Å². The molecule has 0 aliphatic carbocycles. The number of hydrogen-bond acceptors (Lipinski definition) is 4. The fraction of sp³-hybridized carbons (Fsp3) is 0.0769. The number of carbonyl (C=O) groups is 2. The topological polar surface area (TPSA) is 80.6 Å². The Balaban J connectivity index is 1.38. The van der Waals surface area contributed by atoms with Gasteiger partial charge >= 0.3 is 5.91 Å². The molecule has 0 unspecified atom stereocenters.